The van der Waals surface area contributed by atoms with E-state index in [9.17, 15) is 0 Å². The molecule has 0 saturated carbocycles. The molecule has 3 heteroatoms. The Morgan fingerprint density at radius 3 is 1.86 bits per heavy atom. The SMILES string of the molecule is Brc1ccc(-c2ccc(N(c3ccc4ccccc4c3)c3ccc4oc5ccccc5c4c3)cc2)cc1. The number of benzene rings is 6. The van der Waals surface area contributed by atoms with E-state index in [4.69, 9.17) is 4.42 Å². The van der Waals surface area contributed by atoms with Gasteiger partial charge < -0.3 is 9.32 Å². The molecule has 0 atom stereocenters. The molecule has 0 fully saturated rings. The highest BCUT2D eigenvalue weighted by Crippen LogP contribution is 2.40. The normalized spacial score (nSPS) is 11.4. The van der Waals surface area contributed by atoms with Crippen LogP contribution in [0.3, 0.4) is 0 Å². The summed E-state index contributed by atoms with van der Waals surface area (Å²) in [6, 6.07) is 47.0. The standard InChI is InChI=1S/C34H22BrNO/c35-27-14-9-24(10-15-27)25-11-16-28(17-12-25)36(29-18-13-23-5-1-2-6-26(23)21-29)30-19-20-34-32(22-30)31-7-3-4-8-33(31)37-34/h1-22H. The fourth-order valence-electron chi connectivity index (χ4n) is 5.06. The topological polar surface area (TPSA) is 16.4 Å². The van der Waals surface area contributed by atoms with E-state index >= 15 is 0 Å². The van der Waals surface area contributed by atoms with Gasteiger partial charge in [0, 0.05) is 32.3 Å². The maximum Gasteiger partial charge on any atom is 0.135 e. The zero-order valence-electron chi connectivity index (χ0n) is 19.9. The third-order valence-corrected chi connectivity index (χ3v) is 7.44. The van der Waals surface area contributed by atoms with Gasteiger partial charge in [0.15, 0.2) is 0 Å². The molecule has 6 aromatic carbocycles. The third kappa shape index (κ3) is 3.98. The molecule has 37 heavy (non-hydrogen) atoms. The van der Waals surface area contributed by atoms with Crippen LogP contribution in [0.4, 0.5) is 17.1 Å². The monoisotopic (exact) mass is 539 g/mol. The van der Waals surface area contributed by atoms with Gasteiger partial charge in [-0.05, 0) is 82.6 Å². The number of para-hydroxylation sites is 1. The van der Waals surface area contributed by atoms with Gasteiger partial charge in [0.25, 0.3) is 0 Å². The Balaban J connectivity index is 1.39. The summed E-state index contributed by atoms with van der Waals surface area (Å²) in [5, 5.41) is 4.69. The van der Waals surface area contributed by atoms with Crippen molar-refractivity contribution < 1.29 is 4.42 Å². The molecular weight excluding hydrogens is 518 g/mol. The number of hydrogen-bond donors (Lipinski definition) is 0. The van der Waals surface area contributed by atoms with Crippen molar-refractivity contribution in [2.24, 2.45) is 0 Å². The summed E-state index contributed by atoms with van der Waals surface area (Å²) in [5.41, 5.74) is 7.49. The summed E-state index contributed by atoms with van der Waals surface area (Å²) in [5.74, 6) is 0. The molecule has 0 aliphatic heterocycles. The molecule has 1 aromatic heterocycles. The minimum absolute atomic E-state index is 0.897. The molecule has 0 aliphatic rings. The van der Waals surface area contributed by atoms with E-state index in [0.717, 1.165) is 43.5 Å². The van der Waals surface area contributed by atoms with Crippen molar-refractivity contribution in [2.75, 3.05) is 4.90 Å². The van der Waals surface area contributed by atoms with Gasteiger partial charge in [0.05, 0.1) is 0 Å². The van der Waals surface area contributed by atoms with Crippen molar-refractivity contribution in [1.29, 1.82) is 0 Å². The Kier molecular flexibility index (Phi) is 5.30. The van der Waals surface area contributed by atoms with Gasteiger partial charge in [-0.25, -0.2) is 0 Å². The summed E-state index contributed by atoms with van der Waals surface area (Å²) < 4.78 is 7.19. The highest BCUT2D eigenvalue weighted by atomic mass is 79.9. The van der Waals surface area contributed by atoms with Gasteiger partial charge in [-0.3, -0.25) is 0 Å². The van der Waals surface area contributed by atoms with E-state index in [0.29, 0.717) is 0 Å². The molecule has 0 N–H and O–H groups in total. The molecule has 0 unspecified atom stereocenters. The van der Waals surface area contributed by atoms with Crippen molar-refractivity contribution in [3.05, 3.63) is 138 Å². The number of halogens is 1. The molecule has 0 amide bonds. The van der Waals surface area contributed by atoms with Crippen LogP contribution in [0, 0.1) is 0 Å². The Labute approximate surface area is 223 Å². The number of anilines is 3. The zero-order chi connectivity index (χ0) is 24.8. The Hall–Kier alpha value is -4.34. The molecule has 0 saturated heterocycles. The van der Waals surface area contributed by atoms with Crippen molar-refractivity contribution >= 4 is 65.7 Å². The van der Waals surface area contributed by atoms with E-state index in [-0.39, 0.29) is 0 Å². The summed E-state index contributed by atoms with van der Waals surface area (Å²) in [6.07, 6.45) is 0. The third-order valence-electron chi connectivity index (χ3n) is 6.91. The van der Waals surface area contributed by atoms with Crippen molar-refractivity contribution in [3.63, 3.8) is 0 Å². The van der Waals surface area contributed by atoms with Crippen LogP contribution in [-0.4, -0.2) is 0 Å². The molecule has 1 heterocycles. The highest BCUT2D eigenvalue weighted by molar-refractivity contribution is 9.10. The van der Waals surface area contributed by atoms with Crippen LogP contribution in [0.25, 0.3) is 43.8 Å². The average molecular weight is 540 g/mol. The van der Waals surface area contributed by atoms with Crippen LogP contribution in [-0.2, 0) is 0 Å². The first kappa shape index (κ1) is 21.9. The molecule has 0 bridgehead atoms. The van der Waals surface area contributed by atoms with E-state index in [1.807, 2.05) is 12.1 Å². The van der Waals surface area contributed by atoms with Crippen LogP contribution >= 0.6 is 15.9 Å². The number of hydrogen-bond acceptors (Lipinski definition) is 2. The van der Waals surface area contributed by atoms with E-state index in [1.54, 1.807) is 0 Å². The lowest BCUT2D eigenvalue weighted by atomic mass is 10.0. The maximum atomic E-state index is 6.11. The molecule has 0 aliphatic carbocycles. The Bertz CT molecular complexity index is 1880. The summed E-state index contributed by atoms with van der Waals surface area (Å²) in [4.78, 5) is 2.32. The van der Waals surface area contributed by atoms with Gasteiger partial charge >= 0.3 is 0 Å². The number of fused-ring (bicyclic) bond motifs is 4. The molecule has 0 radical (unpaired) electrons. The maximum absolute atomic E-state index is 6.11. The molecular formula is C34H22BrNO. The summed E-state index contributed by atoms with van der Waals surface area (Å²) in [6.45, 7) is 0. The van der Waals surface area contributed by atoms with Crippen molar-refractivity contribution in [3.8, 4) is 11.1 Å². The molecule has 0 spiro atoms. The van der Waals surface area contributed by atoms with Gasteiger partial charge in [-0.1, -0.05) is 88.7 Å². The first-order chi connectivity index (χ1) is 18.2. The van der Waals surface area contributed by atoms with Gasteiger partial charge in [0.2, 0.25) is 0 Å². The second kappa shape index (κ2) is 8.95. The summed E-state index contributed by atoms with van der Waals surface area (Å²) >= 11 is 3.53. The lowest BCUT2D eigenvalue weighted by Crippen LogP contribution is -2.09. The fraction of sp³-hybridized carbons (Fsp3) is 0. The Morgan fingerprint density at radius 2 is 1.05 bits per heavy atom. The lowest BCUT2D eigenvalue weighted by molar-refractivity contribution is 0.669. The van der Waals surface area contributed by atoms with E-state index < -0.39 is 0 Å². The largest absolute Gasteiger partial charge is 0.456 e. The van der Waals surface area contributed by atoms with Crippen molar-refractivity contribution in [2.45, 2.75) is 0 Å². The molecule has 2 nitrogen and oxygen atoms in total. The van der Waals surface area contributed by atoms with Gasteiger partial charge in [0.1, 0.15) is 11.2 Å². The highest BCUT2D eigenvalue weighted by Gasteiger charge is 2.16. The minimum Gasteiger partial charge on any atom is -0.456 e. The summed E-state index contributed by atoms with van der Waals surface area (Å²) in [7, 11) is 0. The number of rotatable bonds is 4. The molecule has 7 aromatic rings. The smallest absolute Gasteiger partial charge is 0.135 e. The average Bonchev–Trinajstić information content (AvgIpc) is 3.32. The van der Waals surface area contributed by atoms with Gasteiger partial charge in [-0.2, -0.15) is 0 Å². The van der Waals surface area contributed by atoms with Gasteiger partial charge in [-0.15, -0.1) is 0 Å². The Morgan fingerprint density at radius 1 is 0.459 bits per heavy atom. The first-order valence-corrected chi connectivity index (χ1v) is 13.1. The zero-order valence-corrected chi connectivity index (χ0v) is 21.5. The quantitative estimate of drug-likeness (QED) is 0.221. The van der Waals surface area contributed by atoms with Crippen molar-refractivity contribution in [1.82, 2.24) is 0 Å². The van der Waals surface area contributed by atoms with Crippen LogP contribution in [0.15, 0.2) is 142 Å². The molecule has 7 rings (SSSR count). The van der Waals surface area contributed by atoms with E-state index in [1.165, 1.54) is 21.9 Å². The lowest BCUT2D eigenvalue weighted by Gasteiger charge is -2.26. The van der Waals surface area contributed by atoms with Crippen LogP contribution in [0.1, 0.15) is 0 Å². The number of furan rings is 1. The molecule has 176 valence electrons. The predicted octanol–water partition coefficient (Wildman–Crippen LogP) is 10.6. The fourth-order valence-corrected chi connectivity index (χ4v) is 5.33. The van der Waals surface area contributed by atoms with Crippen LogP contribution in [0.2, 0.25) is 0 Å². The first-order valence-electron chi connectivity index (χ1n) is 12.3. The predicted molar refractivity (Wildman–Crippen MR) is 159 cm³/mol. The second-order valence-corrected chi connectivity index (χ2v) is 10.1. The number of nitrogens with zero attached hydrogens (tertiary/aromatic N) is 1. The minimum atomic E-state index is 0.897. The van der Waals surface area contributed by atoms with Crippen LogP contribution < -0.4 is 4.90 Å². The van der Waals surface area contributed by atoms with Crippen LogP contribution in [0.5, 0.6) is 0 Å². The van der Waals surface area contributed by atoms with E-state index in [2.05, 4.69) is 142 Å². The second-order valence-electron chi connectivity index (χ2n) is 9.20.